The first kappa shape index (κ1) is 19.4. The summed E-state index contributed by atoms with van der Waals surface area (Å²) in [4.78, 5) is 13.3. The smallest absolute Gasteiger partial charge is 0.310 e. The number of ether oxygens (including phenoxy) is 1. The predicted molar refractivity (Wildman–Crippen MR) is 113 cm³/mol. The summed E-state index contributed by atoms with van der Waals surface area (Å²) in [5.74, 6) is -0.634. The highest BCUT2D eigenvalue weighted by atomic mass is 16.5. The summed E-state index contributed by atoms with van der Waals surface area (Å²) in [5, 5.41) is 10.2. The second-order valence-corrected chi connectivity index (χ2v) is 7.73. The molecule has 1 aliphatic carbocycles. The zero-order valence-electron chi connectivity index (χ0n) is 16.5. The van der Waals surface area contributed by atoms with E-state index in [9.17, 15) is 9.90 Å². The summed E-state index contributed by atoms with van der Waals surface area (Å²) in [6.45, 7) is 1.95. The minimum absolute atomic E-state index is 0.00983. The molecule has 3 atom stereocenters. The molecule has 0 saturated heterocycles. The molecule has 0 bridgehead atoms. The number of rotatable bonds is 6. The van der Waals surface area contributed by atoms with E-state index < -0.39 is 0 Å². The summed E-state index contributed by atoms with van der Waals surface area (Å²) in [7, 11) is 0. The van der Waals surface area contributed by atoms with Gasteiger partial charge in [-0.15, -0.1) is 0 Å². The Morgan fingerprint density at radius 1 is 0.828 bits per heavy atom. The van der Waals surface area contributed by atoms with Crippen LogP contribution in [0.25, 0.3) is 0 Å². The Bertz CT molecular complexity index is 876. The van der Waals surface area contributed by atoms with Crippen molar-refractivity contribution in [3.8, 4) is 0 Å². The number of hydrogen-bond acceptors (Lipinski definition) is 3. The zero-order valence-corrected chi connectivity index (χ0v) is 16.5. The zero-order chi connectivity index (χ0) is 20.2. The number of benzene rings is 3. The molecule has 3 unspecified atom stereocenters. The molecular formula is C26H26O3. The molecule has 3 nitrogen and oxygen atoms in total. The lowest BCUT2D eigenvalue weighted by Gasteiger charge is -2.50. The van der Waals surface area contributed by atoms with Gasteiger partial charge in [0.15, 0.2) is 0 Å². The maximum atomic E-state index is 13.3. The third-order valence-corrected chi connectivity index (χ3v) is 6.11. The van der Waals surface area contributed by atoms with Crippen molar-refractivity contribution in [3.63, 3.8) is 0 Å². The lowest BCUT2D eigenvalue weighted by molar-refractivity contribution is -0.163. The van der Waals surface area contributed by atoms with Gasteiger partial charge in [-0.2, -0.15) is 0 Å². The Hall–Kier alpha value is -2.91. The van der Waals surface area contributed by atoms with E-state index in [0.29, 0.717) is 0 Å². The molecule has 3 aromatic rings. The first-order valence-electron chi connectivity index (χ1n) is 10.2. The summed E-state index contributed by atoms with van der Waals surface area (Å²) in [6.07, 6.45) is -0.315. The molecule has 0 radical (unpaired) electrons. The number of esters is 1. The van der Waals surface area contributed by atoms with Gasteiger partial charge in [-0.1, -0.05) is 91.0 Å². The molecule has 1 N–H and O–H groups in total. The fraction of sp³-hybridized carbons (Fsp3) is 0.269. The molecule has 0 aliphatic heterocycles. The van der Waals surface area contributed by atoms with E-state index in [1.165, 1.54) is 0 Å². The van der Waals surface area contributed by atoms with Gasteiger partial charge >= 0.3 is 5.97 Å². The van der Waals surface area contributed by atoms with Crippen LogP contribution in [0.3, 0.4) is 0 Å². The highest BCUT2D eigenvalue weighted by Gasteiger charge is 2.55. The van der Waals surface area contributed by atoms with Crippen LogP contribution in [0, 0.1) is 11.8 Å². The van der Waals surface area contributed by atoms with E-state index in [4.69, 9.17) is 4.74 Å². The van der Waals surface area contributed by atoms with Crippen molar-refractivity contribution in [2.45, 2.75) is 24.9 Å². The number of hydrogen-bond donors (Lipinski definition) is 1. The van der Waals surface area contributed by atoms with Crippen LogP contribution in [0.4, 0.5) is 0 Å². The van der Waals surface area contributed by atoms with E-state index in [2.05, 4.69) is 0 Å². The topological polar surface area (TPSA) is 46.5 Å². The molecule has 3 aromatic carbocycles. The van der Waals surface area contributed by atoms with Crippen molar-refractivity contribution >= 4 is 5.97 Å². The molecule has 4 rings (SSSR count). The number of carbonyl (C=O) groups excluding carboxylic acids is 1. The van der Waals surface area contributed by atoms with Crippen molar-refractivity contribution in [1.82, 2.24) is 0 Å². The van der Waals surface area contributed by atoms with Gasteiger partial charge in [-0.05, 0) is 29.5 Å². The lowest BCUT2D eigenvalue weighted by atomic mass is 9.53. The fourth-order valence-corrected chi connectivity index (χ4v) is 4.66. The van der Waals surface area contributed by atoms with Crippen LogP contribution < -0.4 is 0 Å². The van der Waals surface area contributed by atoms with Gasteiger partial charge in [0.2, 0.25) is 0 Å². The molecular weight excluding hydrogens is 360 g/mol. The molecule has 1 fully saturated rings. The Labute approximate surface area is 172 Å². The molecule has 0 heterocycles. The molecule has 1 saturated carbocycles. The largest absolute Gasteiger partial charge is 0.458 e. The van der Waals surface area contributed by atoms with Gasteiger partial charge in [0.25, 0.3) is 0 Å². The second kappa shape index (κ2) is 8.62. The Kier molecular flexibility index (Phi) is 5.77. The first-order valence-corrected chi connectivity index (χ1v) is 10.2. The first-order chi connectivity index (χ1) is 14.2. The molecule has 3 heteroatoms. The SMILES string of the molecule is CC(OC(=O)C1C(c2ccccc2)C(CO)C1c1ccccc1)c1ccccc1. The van der Waals surface area contributed by atoms with Crippen LogP contribution in [0.15, 0.2) is 91.0 Å². The van der Waals surface area contributed by atoms with E-state index in [0.717, 1.165) is 16.7 Å². The van der Waals surface area contributed by atoms with Crippen molar-refractivity contribution in [2.24, 2.45) is 11.8 Å². The standard InChI is InChI=1S/C26H26O3/c1-18(19-11-5-2-6-12-19)29-26(28)25-23(20-13-7-3-8-14-20)22(17-27)24(25)21-15-9-4-10-16-21/h2-16,18,22-25,27H,17H2,1H3. The van der Waals surface area contributed by atoms with Crippen LogP contribution in [0.2, 0.25) is 0 Å². The average Bonchev–Trinajstić information content (AvgIpc) is 2.75. The number of aliphatic hydroxyl groups is 1. The number of aliphatic hydroxyl groups excluding tert-OH is 1. The molecule has 0 aromatic heterocycles. The van der Waals surface area contributed by atoms with Crippen LogP contribution in [0.1, 0.15) is 41.6 Å². The molecule has 0 amide bonds. The van der Waals surface area contributed by atoms with Crippen LogP contribution in [-0.2, 0) is 9.53 Å². The predicted octanol–water partition coefficient (Wildman–Crippen LogP) is 5.10. The Morgan fingerprint density at radius 3 is 1.72 bits per heavy atom. The summed E-state index contributed by atoms with van der Waals surface area (Å²) < 4.78 is 5.92. The number of carbonyl (C=O) groups is 1. The monoisotopic (exact) mass is 386 g/mol. The second-order valence-electron chi connectivity index (χ2n) is 7.73. The summed E-state index contributed by atoms with van der Waals surface area (Å²) in [5.41, 5.74) is 3.13. The van der Waals surface area contributed by atoms with E-state index in [-0.39, 0.29) is 42.4 Å². The van der Waals surface area contributed by atoms with Crippen molar-refractivity contribution < 1.29 is 14.6 Å². The lowest BCUT2D eigenvalue weighted by Crippen LogP contribution is -2.49. The summed E-state index contributed by atoms with van der Waals surface area (Å²) in [6, 6.07) is 29.8. The van der Waals surface area contributed by atoms with Gasteiger partial charge < -0.3 is 9.84 Å². The van der Waals surface area contributed by atoms with Crippen molar-refractivity contribution in [2.75, 3.05) is 6.61 Å². The van der Waals surface area contributed by atoms with Gasteiger partial charge in [0.1, 0.15) is 6.10 Å². The van der Waals surface area contributed by atoms with Crippen LogP contribution >= 0.6 is 0 Å². The van der Waals surface area contributed by atoms with Crippen LogP contribution in [0.5, 0.6) is 0 Å². The van der Waals surface area contributed by atoms with E-state index in [1.807, 2.05) is 97.9 Å². The van der Waals surface area contributed by atoms with Gasteiger partial charge in [-0.3, -0.25) is 4.79 Å². The molecule has 0 spiro atoms. The molecule has 29 heavy (non-hydrogen) atoms. The van der Waals surface area contributed by atoms with E-state index >= 15 is 0 Å². The third kappa shape index (κ3) is 3.83. The quantitative estimate of drug-likeness (QED) is 0.600. The summed E-state index contributed by atoms with van der Waals surface area (Å²) >= 11 is 0. The van der Waals surface area contributed by atoms with Crippen molar-refractivity contribution in [3.05, 3.63) is 108 Å². The maximum Gasteiger partial charge on any atom is 0.310 e. The molecule has 1 aliphatic rings. The highest BCUT2D eigenvalue weighted by molar-refractivity contribution is 5.77. The highest BCUT2D eigenvalue weighted by Crippen LogP contribution is 2.57. The normalized spacial score (nSPS) is 24.3. The third-order valence-electron chi connectivity index (χ3n) is 6.11. The Balaban J connectivity index is 1.64. The van der Waals surface area contributed by atoms with Crippen LogP contribution in [-0.4, -0.2) is 17.7 Å². The fourth-order valence-electron chi connectivity index (χ4n) is 4.66. The average molecular weight is 386 g/mol. The van der Waals surface area contributed by atoms with E-state index in [1.54, 1.807) is 0 Å². The van der Waals surface area contributed by atoms with Gasteiger partial charge in [0.05, 0.1) is 5.92 Å². The minimum atomic E-state index is -0.317. The molecule has 148 valence electrons. The van der Waals surface area contributed by atoms with Gasteiger partial charge in [-0.25, -0.2) is 0 Å². The van der Waals surface area contributed by atoms with Gasteiger partial charge in [0, 0.05) is 18.4 Å². The maximum absolute atomic E-state index is 13.3. The Morgan fingerprint density at radius 2 is 1.28 bits per heavy atom. The van der Waals surface area contributed by atoms with Crippen molar-refractivity contribution in [1.29, 1.82) is 0 Å². The minimum Gasteiger partial charge on any atom is -0.458 e.